The number of carbonyl (C=O) groups excluding carboxylic acids is 1. The van der Waals surface area contributed by atoms with Gasteiger partial charge in [0.1, 0.15) is 5.76 Å². The largest absolute Gasteiger partial charge is 0.478 e. The molecule has 0 bridgehead atoms. The standard InChI is InChI=1S/C14H14N2O5/c1-8-4-3-5-10(14(18)19)13(8)15-11(17)7-20-12-6-9(2)21-16-12/h3-6H,7H2,1-2H3,(H,15,17)(H,18,19). The number of nitrogens with one attached hydrogen (secondary N) is 1. The molecule has 7 nitrogen and oxygen atoms in total. The smallest absolute Gasteiger partial charge is 0.337 e. The van der Waals surface area contributed by atoms with Crippen molar-refractivity contribution in [1.29, 1.82) is 0 Å². The lowest BCUT2D eigenvalue weighted by Gasteiger charge is -2.11. The maximum Gasteiger partial charge on any atom is 0.337 e. The van der Waals surface area contributed by atoms with Gasteiger partial charge >= 0.3 is 5.97 Å². The number of nitrogens with zero attached hydrogens (tertiary/aromatic N) is 1. The highest BCUT2D eigenvalue weighted by molar-refractivity contribution is 6.01. The summed E-state index contributed by atoms with van der Waals surface area (Å²) in [4.78, 5) is 23.0. The lowest BCUT2D eigenvalue weighted by atomic mass is 10.1. The third-order valence-electron chi connectivity index (χ3n) is 2.73. The van der Waals surface area contributed by atoms with Crippen LogP contribution in [0.1, 0.15) is 21.7 Å². The molecule has 0 saturated heterocycles. The first-order valence-corrected chi connectivity index (χ1v) is 6.16. The molecule has 0 aliphatic rings. The Bertz CT molecular complexity index is 678. The number of carboxylic acids is 1. The molecule has 0 unspecified atom stereocenters. The number of aromatic nitrogens is 1. The average Bonchev–Trinajstić information content (AvgIpc) is 2.84. The number of benzene rings is 1. The summed E-state index contributed by atoms with van der Waals surface area (Å²) in [6.07, 6.45) is 0. The van der Waals surface area contributed by atoms with Gasteiger partial charge in [-0.2, -0.15) is 0 Å². The fraction of sp³-hybridized carbons (Fsp3) is 0.214. The summed E-state index contributed by atoms with van der Waals surface area (Å²) in [6.45, 7) is 3.12. The van der Waals surface area contributed by atoms with Crippen molar-refractivity contribution in [1.82, 2.24) is 5.16 Å². The van der Waals surface area contributed by atoms with Gasteiger partial charge in [-0.15, -0.1) is 0 Å². The molecule has 110 valence electrons. The number of anilines is 1. The summed E-state index contributed by atoms with van der Waals surface area (Å²) in [5, 5.41) is 15.2. The molecule has 0 atom stereocenters. The number of aryl methyl sites for hydroxylation is 2. The summed E-state index contributed by atoms with van der Waals surface area (Å²) < 4.78 is 9.94. The zero-order valence-corrected chi connectivity index (χ0v) is 11.5. The fourth-order valence-electron chi connectivity index (χ4n) is 1.74. The van der Waals surface area contributed by atoms with E-state index in [0.29, 0.717) is 11.3 Å². The Labute approximate surface area is 120 Å². The molecule has 0 aliphatic heterocycles. The van der Waals surface area contributed by atoms with Crippen molar-refractivity contribution in [3.05, 3.63) is 41.2 Å². The van der Waals surface area contributed by atoms with Crippen LogP contribution in [-0.4, -0.2) is 28.7 Å². The van der Waals surface area contributed by atoms with Crippen LogP contribution in [0.15, 0.2) is 28.8 Å². The van der Waals surface area contributed by atoms with Crippen LogP contribution in [0.25, 0.3) is 0 Å². The molecular weight excluding hydrogens is 276 g/mol. The number of amides is 1. The molecule has 0 radical (unpaired) electrons. The second-order valence-electron chi connectivity index (χ2n) is 4.42. The van der Waals surface area contributed by atoms with Crippen molar-refractivity contribution in [3.8, 4) is 5.88 Å². The first kappa shape index (κ1) is 14.6. The molecule has 1 amide bonds. The highest BCUT2D eigenvalue weighted by atomic mass is 16.5. The van der Waals surface area contributed by atoms with E-state index in [1.165, 1.54) is 6.07 Å². The number of para-hydroxylation sites is 1. The van der Waals surface area contributed by atoms with Crippen LogP contribution in [-0.2, 0) is 4.79 Å². The first-order chi connectivity index (χ1) is 9.97. The number of hydrogen-bond acceptors (Lipinski definition) is 5. The van der Waals surface area contributed by atoms with Crippen LogP contribution in [0.4, 0.5) is 5.69 Å². The molecule has 0 spiro atoms. The molecule has 0 saturated carbocycles. The Hall–Kier alpha value is -2.83. The number of carboxylic acid groups (broad SMARTS) is 1. The van der Waals surface area contributed by atoms with Gasteiger partial charge in [0.2, 0.25) is 0 Å². The highest BCUT2D eigenvalue weighted by Crippen LogP contribution is 2.20. The van der Waals surface area contributed by atoms with Gasteiger partial charge in [0.15, 0.2) is 6.61 Å². The van der Waals surface area contributed by atoms with Gasteiger partial charge in [0, 0.05) is 6.07 Å². The zero-order valence-electron chi connectivity index (χ0n) is 11.5. The third kappa shape index (κ3) is 3.59. The van der Waals surface area contributed by atoms with Gasteiger partial charge in [-0.1, -0.05) is 12.1 Å². The molecule has 21 heavy (non-hydrogen) atoms. The van der Waals surface area contributed by atoms with Gasteiger partial charge in [0.25, 0.3) is 11.8 Å². The van der Waals surface area contributed by atoms with Crippen molar-refractivity contribution >= 4 is 17.6 Å². The van der Waals surface area contributed by atoms with E-state index in [1.807, 2.05) is 0 Å². The van der Waals surface area contributed by atoms with Crippen molar-refractivity contribution < 1.29 is 24.0 Å². The monoisotopic (exact) mass is 290 g/mol. The van der Waals surface area contributed by atoms with Crippen molar-refractivity contribution in [2.75, 3.05) is 11.9 Å². The Morgan fingerprint density at radius 3 is 2.76 bits per heavy atom. The van der Waals surface area contributed by atoms with Gasteiger partial charge in [-0.05, 0) is 30.6 Å². The fourth-order valence-corrected chi connectivity index (χ4v) is 1.74. The average molecular weight is 290 g/mol. The van der Waals surface area contributed by atoms with Crippen LogP contribution in [0.2, 0.25) is 0 Å². The van der Waals surface area contributed by atoms with Crippen molar-refractivity contribution in [2.24, 2.45) is 0 Å². The predicted octanol–water partition coefficient (Wildman–Crippen LogP) is 2.01. The lowest BCUT2D eigenvalue weighted by molar-refractivity contribution is -0.118. The minimum atomic E-state index is -1.11. The molecule has 2 aromatic rings. The quantitative estimate of drug-likeness (QED) is 0.873. The van der Waals surface area contributed by atoms with E-state index in [9.17, 15) is 9.59 Å². The minimum Gasteiger partial charge on any atom is -0.478 e. The number of ether oxygens (including phenoxy) is 1. The second kappa shape index (κ2) is 6.08. The maximum atomic E-state index is 11.8. The molecule has 1 aromatic carbocycles. The summed E-state index contributed by atoms with van der Waals surface area (Å²) in [6, 6.07) is 6.30. The van der Waals surface area contributed by atoms with Gasteiger partial charge in [0.05, 0.1) is 11.3 Å². The summed E-state index contributed by atoms with van der Waals surface area (Å²) in [5.74, 6) is -0.821. The van der Waals surface area contributed by atoms with E-state index in [0.717, 1.165) is 0 Å². The predicted molar refractivity (Wildman–Crippen MR) is 73.5 cm³/mol. The van der Waals surface area contributed by atoms with Crippen molar-refractivity contribution in [3.63, 3.8) is 0 Å². The van der Waals surface area contributed by atoms with Crippen molar-refractivity contribution in [2.45, 2.75) is 13.8 Å². The summed E-state index contributed by atoms with van der Waals surface area (Å²) in [5.41, 5.74) is 0.941. The van der Waals surface area contributed by atoms with Gasteiger partial charge in [-0.3, -0.25) is 4.79 Å². The molecule has 1 heterocycles. The van der Waals surface area contributed by atoms with Crippen LogP contribution in [0.5, 0.6) is 5.88 Å². The molecule has 7 heteroatoms. The Balaban J connectivity index is 2.04. The third-order valence-corrected chi connectivity index (χ3v) is 2.73. The van der Waals surface area contributed by atoms with Crippen LogP contribution >= 0.6 is 0 Å². The Morgan fingerprint density at radius 1 is 1.38 bits per heavy atom. The van der Waals surface area contributed by atoms with Gasteiger partial charge < -0.3 is 19.7 Å². The van der Waals surface area contributed by atoms with E-state index in [-0.39, 0.29) is 23.7 Å². The number of hydrogen-bond donors (Lipinski definition) is 2. The highest BCUT2D eigenvalue weighted by Gasteiger charge is 2.15. The summed E-state index contributed by atoms with van der Waals surface area (Å²) in [7, 11) is 0. The molecule has 2 rings (SSSR count). The first-order valence-electron chi connectivity index (χ1n) is 6.16. The number of aromatic carboxylic acids is 1. The van der Waals surface area contributed by atoms with Crippen LogP contribution in [0.3, 0.4) is 0 Å². The molecule has 2 N–H and O–H groups in total. The molecule has 0 aliphatic carbocycles. The molecule has 1 aromatic heterocycles. The SMILES string of the molecule is Cc1cc(OCC(=O)Nc2c(C)cccc2C(=O)O)no1. The molecule has 0 fully saturated rings. The van der Waals surface area contributed by atoms with Crippen LogP contribution < -0.4 is 10.1 Å². The van der Waals surface area contributed by atoms with E-state index in [4.69, 9.17) is 14.4 Å². The van der Waals surface area contributed by atoms with E-state index in [1.54, 1.807) is 32.0 Å². The normalized spacial score (nSPS) is 10.2. The minimum absolute atomic E-state index is 0.0284. The topological polar surface area (TPSA) is 102 Å². The van der Waals surface area contributed by atoms with Crippen LogP contribution in [0, 0.1) is 13.8 Å². The Morgan fingerprint density at radius 2 is 2.14 bits per heavy atom. The van der Waals surface area contributed by atoms with E-state index < -0.39 is 11.9 Å². The number of carbonyl (C=O) groups is 2. The number of rotatable bonds is 5. The lowest BCUT2D eigenvalue weighted by Crippen LogP contribution is -2.22. The van der Waals surface area contributed by atoms with E-state index >= 15 is 0 Å². The van der Waals surface area contributed by atoms with E-state index in [2.05, 4.69) is 10.5 Å². The second-order valence-corrected chi connectivity index (χ2v) is 4.42. The Kier molecular flexibility index (Phi) is 4.22. The van der Waals surface area contributed by atoms with Gasteiger partial charge in [-0.25, -0.2) is 4.79 Å². The zero-order chi connectivity index (χ0) is 15.4. The summed E-state index contributed by atoms with van der Waals surface area (Å²) >= 11 is 0. The maximum absolute atomic E-state index is 11.8. The molecular formula is C14H14N2O5.